The summed E-state index contributed by atoms with van der Waals surface area (Å²) in [6.07, 6.45) is 0. The summed E-state index contributed by atoms with van der Waals surface area (Å²) in [7, 11) is 0. The minimum absolute atomic E-state index is 0.0698. The molecule has 2 heterocycles. The SMILES string of the molecule is O=c1c2ccccc2nc(-c2ccccc2)n1NCN1CCNCC1. The third kappa shape index (κ3) is 3.26. The number of piperazine rings is 1. The molecule has 1 aliphatic rings. The zero-order chi connectivity index (χ0) is 17.1. The fourth-order valence-corrected chi connectivity index (χ4v) is 3.10. The van der Waals surface area contributed by atoms with Gasteiger partial charge in [0.25, 0.3) is 5.56 Å². The second-order valence-corrected chi connectivity index (χ2v) is 6.14. The molecule has 0 saturated carbocycles. The van der Waals surface area contributed by atoms with Gasteiger partial charge in [0.05, 0.1) is 17.6 Å². The second-order valence-electron chi connectivity index (χ2n) is 6.14. The number of para-hydroxylation sites is 1. The van der Waals surface area contributed by atoms with Crippen molar-refractivity contribution in [2.75, 3.05) is 38.3 Å². The predicted molar refractivity (Wildman–Crippen MR) is 100 cm³/mol. The zero-order valence-electron chi connectivity index (χ0n) is 14.0. The Bertz CT molecular complexity index is 916. The normalized spacial score (nSPS) is 15.4. The molecule has 6 nitrogen and oxygen atoms in total. The minimum Gasteiger partial charge on any atom is -0.314 e. The van der Waals surface area contributed by atoms with Gasteiger partial charge >= 0.3 is 0 Å². The van der Waals surface area contributed by atoms with Gasteiger partial charge in [0.1, 0.15) is 0 Å². The van der Waals surface area contributed by atoms with Crippen molar-refractivity contribution in [1.29, 1.82) is 0 Å². The van der Waals surface area contributed by atoms with Crippen LogP contribution in [0, 0.1) is 0 Å². The van der Waals surface area contributed by atoms with Crippen molar-refractivity contribution < 1.29 is 0 Å². The standard InChI is InChI=1S/C19H21N5O/c25-19-16-8-4-5-9-17(16)22-18(15-6-2-1-3-7-15)24(19)21-14-23-12-10-20-11-13-23/h1-9,20-21H,10-14H2. The van der Waals surface area contributed by atoms with Crippen LogP contribution in [0.5, 0.6) is 0 Å². The zero-order valence-corrected chi connectivity index (χ0v) is 14.0. The van der Waals surface area contributed by atoms with E-state index in [-0.39, 0.29) is 5.56 Å². The molecule has 1 aliphatic heterocycles. The van der Waals surface area contributed by atoms with Crippen LogP contribution in [-0.2, 0) is 0 Å². The number of hydrogen-bond donors (Lipinski definition) is 2. The molecule has 2 aromatic carbocycles. The summed E-state index contributed by atoms with van der Waals surface area (Å²) in [6.45, 7) is 4.48. The minimum atomic E-state index is -0.0698. The van der Waals surface area contributed by atoms with E-state index in [0.717, 1.165) is 31.7 Å². The van der Waals surface area contributed by atoms with Crippen LogP contribution in [0.25, 0.3) is 22.3 Å². The highest BCUT2D eigenvalue weighted by Crippen LogP contribution is 2.17. The Labute approximate surface area is 146 Å². The average molecular weight is 335 g/mol. The van der Waals surface area contributed by atoms with Crippen LogP contribution >= 0.6 is 0 Å². The molecule has 6 heteroatoms. The van der Waals surface area contributed by atoms with Gasteiger partial charge in [-0.2, -0.15) is 0 Å². The number of hydrogen-bond acceptors (Lipinski definition) is 5. The quantitative estimate of drug-likeness (QED) is 0.756. The van der Waals surface area contributed by atoms with Crippen LogP contribution in [0.15, 0.2) is 59.4 Å². The molecule has 0 spiro atoms. The van der Waals surface area contributed by atoms with Crippen LogP contribution in [-0.4, -0.2) is 47.4 Å². The molecule has 0 radical (unpaired) electrons. The van der Waals surface area contributed by atoms with Gasteiger partial charge in [-0.15, -0.1) is 0 Å². The fraction of sp³-hybridized carbons (Fsp3) is 0.263. The molecule has 4 rings (SSSR count). The maximum atomic E-state index is 13.0. The largest absolute Gasteiger partial charge is 0.314 e. The molecule has 1 saturated heterocycles. The van der Waals surface area contributed by atoms with Gasteiger partial charge in [-0.3, -0.25) is 9.69 Å². The van der Waals surface area contributed by atoms with Crippen molar-refractivity contribution in [1.82, 2.24) is 19.9 Å². The van der Waals surface area contributed by atoms with E-state index in [4.69, 9.17) is 4.98 Å². The van der Waals surface area contributed by atoms with E-state index in [0.29, 0.717) is 23.4 Å². The highest BCUT2D eigenvalue weighted by Gasteiger charge is 2.14. The lowest BCUT2D eigenvalue weighted by Crippen LogP contribution is -2.47. The van der Waals surface area contributed by atoms with Crippen molar-refractivity contribution in [2.45, 2.75) is 0 Å². The third-order valence-electron chi connectivity index (χ3n) is 4.47. The summed E-state index contributed by atoms with van der Waals surface area (Å²) in [5, 5.41) is 3.96. The molecule has 0 amide bonds. The third-order valence-corrected chi connectivity index (χ3v) is 4.47. The van der Waals surface area contributed by atoms with Crippen molar-refractivity contribution in [3.05, 3.63) is 65.0 Å². The first kappa shape index (κ1) is 15.8. The summed E-state index contributed by atoms with van der Waals surface area (Å²) in [6, 6.07) is 17.3. The summed E-state index contributed by atoms with van der Waals surface area (Å²) in [5.74, 6) is 0.638. The Hall–Kier alpha value is -2.70. The average Bonchev–Trinajstić information content (AvgIpc) is 2.69. The van der Waals surface area contributed by atoms with Gasteiger partial charge in [-0.1, -0.05) is 42.5 Å². The van der Waals surface area contributed by atoms with Gasteiger partial charge in [-0.05, 0) is 12.1 Å². The molecule has 0 atom stereocenters. The highest BCUT2D eigenvalue weighted by atomic mass is 16.1. The van der Waals surface area contributed by atoms with Crippen molar-refractivity contribution in [3.8, 4) is 11.4 Å². The number of benzene rings is 2. The van der Waals surface area contributed by atoms with Crippen LogP contribution < -0.4 is 16.3 Å². The summed E-state index contributed by atoms with van der Waals surface area (Å²) in [4.78, 5) is 20.0. The topological polar surface area (TPSA) is 62.2 Å². The maximum Gasteiger partial charge on any atom is 0.280 e. The summed E-state index contributed by atoms with van der Waals surface area (Å²) >= 11 is 0. The molecule has 3 aromatic rings. The number of nitrogens with one attached hydrogen (secondary N) is 2. The van der Waals surface area contributed by atoms with Crippen LogP contribution in [0.1, 0.15) is 0 Å². The Kier molecular flexibility index (Phi) is 4.45. The Morgan fingerprint density at radius 3 is 2.52 bits per heavy atom. The van der Waals surface area contributed by atoms with Crippen molar-refractivity contribution >= 4 is 10.9 Å². The van der Waals surface area contributed by atoms with E-state index in [1.165, 1.54) is 0 Å². The lowest BCUT2D eigenvalue weighted by Gasteiger charge is -2.28. The van der Waals surface area contributed by atoms with Gasteiger partial charge < -0.3 is 10.7 Å². The van der Waals surface area contributed by atoms with Crippen LogP contribution in [0.2, 0.25) is 0 Å². The Morgan fingerprint density at radius 1 is 1.00 bits per heavy atom. The summed E-state index contributed by atoms with van der Waals surface area (Å²) < 4.78 is 1.58. The lowest BCUT2D eigenvalue weighted by molar-refractivity contribution is 0.249. The molecule has 0 bridgehead atoms. The molecule has 128 valence electrons. The van der Waals surface area contributed by atoms with Gasteiger partial charge in [-0.25, -0.2) is 9.66 Å². The van der Waals surface area contributed by atoms with Crippen molar-refractivity contribution in [3.63, 3.8) is 0 Å². The van der Waals surface area contributed by atoms with Crippen molar-refractivity contribution in [2.24, 2.45) is 0 Å². The molecule has 2 N–H and O–H groups in total. The van der Waals surface area contributed by atoms with E-state index in [1.54, 1.807) is 4.68 Å². The maximum absolute atomic E-state index is 13.0. The monoisotopic (exact) mass is 335 g/mol. The molecular formula is C19H21N5O. The second kappa shape index (κ2) is 7.04. The number of nitrogens with zero attached hydrogens (tertiary/aromatic N) is 3. The highest BCUT2D eigenvalue weighted by molar-refractivity contribution is 5.79. The predicted octanol–water partition coefficient (Wildman–Crippen LogP) is 1.47. The molecule has 0 unspecified atom stereocenters. The first-order valence-corrected chi connectivity index (χ1v) is 8.57. The van der Waals surface area contributed by atoms with Gasteiger partial charge in [0.15, 0.2) is 5.82 Å². The number of rotatable bonds is 4. The first-order valence-electron chi connectivity index (χ1n) is 8.57. The molecule has 1 aromatic heterocycles. The van der Waals surface area contributed by atoms with E-state index in [2.05, 4.69) is 15.6 Å². The van der Waals surface area contributed by atoms with Crippen LogP contribution in [0.3, 0.4) is 0 Å². The molecular weight excluding hydrogens is 314 g/mol. The lowest BCUT2D eigenvalue weighted by atomic mass is 10.2. The first-order chi connectivity index (χ1) is 12.3. The van der Waals surface area contributed by atoms with Gasteiger partial charge in [0.2, 0.25) is 0 Å². The molecule has 1 fully saturated rings. The molecule has 0 aliphatic carbocycles. The van der Waals surface area contributed by atoms with E-state index >= 15 is 0 Å². The fourth-order valence-electron chi connectivity index (χ4n) is 3.10. The van der Waals surface area contributed by atoms with E-state index < -0.39 is 0 Å². The van der Waals surface area contributed by atoms with E-state index in [1.807, 2.05) is 54.6 Å². The Balaban J connectivity index is 1.76. The smallest absolute Gasteiger partial charge is 0.280 e. The molecule has 25 heavy (non-hydrogen) atoms. The summed E-state index contributed by atoms with van der Waals surface area (Å²) in [5.41, 5.74) is 4.84. The van der Waals surface area contributed by atoms with Crippen LogP contribution in [0.4, 0.5) is 0 Å². The van der Waals surface area contributed by atoms with Gasteiger partial charge in [0, 0.05) is 31.7 Å². The number of fused-ring (bicyclic) bond motifs is 1. The number of aromatic nitrogens is 2. The van der Waals surface area contributed by atoms with E-state index in [9.17, 15) is 4.79 Å². The Morgan fingerprint density at radius 2 is 1.72 bits per heavy atom.